The number of rotatable bonds is 3. The van der Waals surface area contributed by atoms with Crippen LogP contribution in [0.2, 0.25) is 5.02 Å². The molecule has 0 atom stereocenters. The van der Waals surface area contributed by atoms with Crippen molar-refractivity contribution in [1.29, 1.82) is 0 Å². The fourth-order valence-corrected chi connectivity index (χ4v) is 2.56. The van der Waals surface area contributed by atoms with Gasteiger partial charge in [-0.05, 0) is 56.6 Å². The van der Waals surface area contributed by atoms with Gasteiger partial charge in [-0.25, -0.2) is 0 Å². The number of carbonyl (C=O) groups is 1. The third-order valence-corrected chi connectivity index (χ3v) is 4.38. The van der Waals surface area contributed by atoms with Crippen LogP contribution in [0, 0.1) is 5.41 Å². The van der Waals surface area contributed by atoms with E-state index in [4.69, 9.17) is 11.6 Å². The fourth-order valence-electron chi connectivity index (χ4n) is 2.38. The third-order valence-electron chi connectivity index (χ3n) is 4.08. The van der Waals surface area contributed by atoms with Gasteiger partial charge in [-0.2, -0.15) is 0 Å². The molecule has 2 rings (SSSR count). The first-order chi connectivity index (χ1) is 9.39. The summed E-state index contributed by atoms with van der Waals surface area (Å²) >= 11 is 5.81. The lowest BCUT2D eigenvalue weighted by Crippen LogP contribution is -2.43. The van der Waals surface area contributed by atoms with E-state index in [-0.39, 0.29) is 22.1 Å². The van der Waals surface area contributed by atoms with E-state index in [9.17, 15) is 9.90 Å². The molecule has 0 radical (unpaired) electrons. The molecule has 1 heterocycles. The Hall–Kier alpha value is -1.26. The van der Waals surface area contributed by atoms with E-state index in [0.717, 1.165) is 25.9 Å². The Morgan fingerprint density at radius 2 is 2.10 bits per heavy atom. The summed E-state index contributed by atoms with van der Waals surface area (Å²) < 4.78 is 0. The number of carbonyl (C=O) groups excluding carboxylic acids is 1. The zero-order valence-electron chi connectivity index (χ0n) is 11.9. The zero-order chi connectivity index (χ0) is 14.8. The smallest absolute Gasteiger partial charge is 0.251 e. The second-order valence-electron chi connectivity index (χ2n) is 5.96. The van der Waals surface area contributed by atoms with Gasteiger partial charge in [0, 0.05) is 12.1 Å². The minimum atomic E-state index is -0.146. The van der Waals surface area contributed by atoms with Gasteiger partial charge in [0.05, 0.1) is 5.02 Å². The Labute approximate surface area is 124 Å². The molecule has 0 aromatic heterocycles. The van der Waals surface area contributed by atoms with Crippen molar-refractivity contribution in [2.24, 2.45) is 5.41 Å². The summed E-state index contributed by atoms with van der Waals surface area (Å²) in [4.78, 5) is 14.4. The number of phenols is 1. The van der Waals surface area contributed by atoms with E-state index < -0.39 is 0 Å². The summed E-state index contributed by atoms with van der Waals surface area (Å²) in [6.45, 7) is 5.01. The number of hydrogen-bond donors (Lipinski definition) is 2. The van der Waals surface area contributed by atoms with Crippen molar-refractivity contribution in [3.63, 3.8) is 0 Å². The molecule has 2 N–H and O–H groups in total. The molecule has 1 aliphatic heterocycles. The average molecular weight is 297 g/mol. The first-order valence-electron chi connectivity index (χ1n) is 6.85. The van der Waals surface area contributed by atoms with Gasteiger partial charge in [-0.1, -0.05) is 18.5 Å². The van der Waals surface area contributed by atoms with Gasteiger partial charge in [0.1, 0.15) is 5.75 Å². The first-order valence-corrected chi connectivity index (χ1v) is 7.23. The monoisotopic (exact) mass is 296 g/mol. The molecule has 1 aromatic carbocycles. The lowest BCUT2D eigenvalue weighted by Gasteiger charge is -2.37. The van der Waals surface area contributed by atoms with Gasteiger partial charge in [-0.3, -0.25) is 4.79 Å². The Morgan fingerprint density at radius 3 is 2.70 bits per heavy atom. The molecule has 0 saturated carbocycles. The Bertz CT molecular complexity index is 497. The van der Waals surface area contributed by atoms with E-state index in [1.165, 1.54) is 12.1 Å². The summed E-state index contributed by atoms with van der Waals surface area (Å²) in [5, 5.41) is 12.5. The van der Waals surface area contributed by atoms with Crippen molar-refractivity contribution in [3.05, 3.63) is 28.8 Å². The maximum Gasteiger partial charge on any atom is 0.251 e. The van der Waals surface area contributed by atoms with Gasteiger partial charge in [0.25, 0.3) is 5.91 Å². The number of amides is 1. The highest BCUT2D eigenvalue weighted by molar-refractivity contribution is 6.32. The Balaban J connectivity index is 1.93. The van der Waals surface area contributed by atoms with Crippen molar-refractivity contribution in [3.8, 4) is 5.75 Å². The number of halogens is 1. The summed E-state index contributed by atoms with van der Waals surface area (Å²) in [5.41, 5.74) is 0.632. The summed E-state index contributed by atoms with van der Waals surface area (Å²) in [6, 6.07) is 4.51. The number of benzene rings is 1. The van der Waals surface area contributed by atoms with Gasteiger partial charge >= 0.3 is 0 Å². The predicted molar refractivity (Wildman–Crippen MR) is 80.3 cm³/mol. The molecule has 1 saturated heterocycles. The van der Waals surface area contributed by atoms with Crippen LogP contribution in [0.25, 0.3) is 0 Å². The second kappa shape index (κ2) is 6.02. The molecule has 0 bridgehead atoms. The molecule has 0 aliphatic carbocycles. The molecular weight excluding hydrogens is 276 g/mol. The van der Waals surface area contributed by atoms with Crippen LogP contribution in [0.4, 0.5) is 0 Å². The third kappa shape index (κ3) is 3.64. The van der Waals surface area contributed by atoms with Crippen molar-refractivity contribution in [2.75, 3.05) is 26.7 Å². The van der Waals surface area contributed by atoms with E-state index >= 15 is 0 Å². The van der Waals surface area contributed by atoms with Crippen LogP contribution < -0.4 is 5.32 Å². The number of aromatic hydroxyl groups is 1. The number of hydrogen-bond acceptors (Lipinski definition) is 3. The molecular formula is C15H21ClN2O2. The summed E-state index contributed by atoms with van der Waals surface area (Å²) in [6.07, 6.45) is 2.17. The van der Waals surface area contributed by atoms with Gasteiger partial charge in [0.15, 0.2) is 0 Å². The minimum absolute atomic E-state index is 0.00880. The highest BCUT2D eigenvalue weighted by Gasteiger charge is 2.29. The maximum absolute atomic E-state index is 12.1. The van der Waals surface area contributed by atoms with Crippen molar-refractivity contribution in [1.82, 2.24) is 10.2 Å². The SMILES string of the molecule is CN1CCC(C)(CNC(=O)c2ccc(O)c(Cl)c2)CC1. The number of likely N-dealkylation sites (tertiary alicyclic amines) is 1. The van der Waals surface area contributed by atoms with E-state index in [1.807, 2.05) is 0 Å². The quantitative estimate of drug-likeness (QED) is 0.901. The largest absolute Gasteiger partial charge is 0.506 e. The van der Waals surface area contributed by atoms with Crippen LogP contribution in [-0.4, -0.2) is 42.6 Å². The van der Waals surface area contributed by atoms with Crippen molar-refractivity contribution in [2.45, 2.75) is 19.8 Å². The van der Waals surface area contributed by atoms with Crippen LogP contribution >= 0.6 is 11.6 Å². The highest BCUT2D eigenvalue weighted by Crippen LogP contribution is 2.29. The molecule has 1 aliphatic rings. The fraction of sp³-hybridized carbons (Fsp3) is 0.533. The average Bonchev–Trinajstić information content (AvgIpc) is 2.43. The topological polar surface area (TPSA) is 52.6 Å². The zero-order valence-corrected chi connectivity index (χ0v) is 12.7. The van der Waals surface area contributed by atoms with Crippen LogP contribution in [0.1, 0.15) is 30.1 Å². The van der Waals surface area contributed by atoms with Crippen molar-refractivity contribution >= 4 is 17.5 Å². The molecule has 1 aromatic rings. The van der Waals surface area contributed by atoms with Crippen LogP contribution in [0.3, 0.4) is 0 Å². The number of phenolic OH excluding ortho intramolecular Hbond substituents is 1. The van der Waals surface area contributed by atoms with Gasteiger partial charge in [0.2, 0.25) is 0 Å². The normalized spacial score (nSPS) is 18.8. The lowest BCUT2D eigenvalue weighted by atomic mass is 9.80. The number of nitrogens with zero attached hydrogens (tertiary/aromatic N) is 1. The Kier molecular flexibility index (Phi) is 4.55. The Morgan fingerprint density at radius 1 is 1.45 bits per heavy atom. The standard InChI is InChI=1S/C15H21ClN2O2/c1-15(5-7-18(2)8-6-15)10-17-14(20)11-3-4-13(19)12(16)9-11/h3-4,9,19H,5-8,10H2,1-2H3,(H,17,20). The molecule has 20 heavy (non-hydrogen) atoms. The highest BCUT2D eigenvalue weighted by atomic mass is 35.5. The molecule has 5 heteroatoms. The molecule has 0 unspecified atom stereocenters. The molecule has 4 nitrogen and oxygen atoms in total. The lowest BCUT2D eigenvalue weighted by molar-refractivity contribution is 0.0891. The molecule has 1 amide bonds. The van der Waals surface area contributed by atoms with Crippen LogP contribution in [0.15, 0.2) is 18.2 Å². The van der Waals surface area contributed by atoms with E-state index in [1.54, 1.807) is 6.07 Å². The van der Waals surface area contributed by atoms with Crippen molar-refractivity contribution < 1.29 is 9.90 Å². The minimum Gasteiger partial charge on any atom is -0.506 e. The number of piperidine rings is 1. The van der Waals surface area contributed by atoms with Crippen LogP contribution in [-0.2, 0) is 0 Å². The molecule has 1 fully saturated rings. The summed E-state index contributed by atoms with van der Waals surface area (Å²) in [5.74, 6) is -0.155. The maximum atomic E-state index is 12.1. The molecule has 110 valence electrons. The van der Waals surface area contributed by atoms with Gasteiger partial charge < -0.3 is 15.3 Å². The van der Waals surface area contributed by atoms with E-state index in [2.05, 4.69) is 24.2 Å². The van der Waals surface area contributed by atoms with E-state index in [0.29, 0.717) is 12.1 Å². The summed E-state index contributed by atoms with van der Waals surface area (Å²) in [7, 11) is 2.12. The number of nitrogens with one attached hydrogen (secondary N) is 1. The predicted octanol–water partition coefficient (Wildman–Crippen LogP) is 2.51. The van der Waals surface area contributed by atoms with Crippen LogP contribution in [0.5, 0.6) is 5.75 Å². The van der Waals surface area contributed by atoms with Gasteiger partial charge in [-0.15, -0.1) is 0 Å². The second-order valence-corrected chi connectivity index (χ2v) is 6.37. The first kappa shape index (κ1) is 15.1. The molecule has 0 spiro atoms.